The van der Waals surface area contributed by atoms with Crippen LogP contribution in [0.2, 0.25) is 0 Å². The Hall–Kier alpha value is -1.02. The minimum Gasteiger partial charge on any atom is -0.380 e. The second-order valence-electron chi connectivity index (χ2n) is 3.51. The van der Waals surface area contributed by atoms with Crippen LogP contribution in [-0.2, 0) is 6.42 Å². The van der Waals surface area contributed by atoms with Crippen molar-refractivity contribution >= 4 is 5.69 Å². The van der Waals surface area contributed by atoms with E-state index in [4.69, 9.17) is 0 Å². The van der Waals surface area contributed by atoms with Crippen molar-refractivity contribution in [1.29, 1.82) is 0 Å². The second kappa shape index (κ2) is 3.79. The van der Waals surface area contributed by atoms with E-state index in [0.717, 1.165) is 19.5 Å². The lowest BCUT2D eigenvalue weighted by molar-refractivity contribution is 0.633. The highest BCUT2D eigenvalue weighted by Gasteiger charge is 2.18. The minimum atomic E-state index is 0.581. The fourth-order valence-corrected chi connectivity index (χ4v) is 1.82. The number of benzene rings is 1. The molecule has 0 fully saturated rings. The average molecular weight is 176 g/mol. The highest BCUT2D eigenvalue weighted by atomic mass is 15.0. The van der Waals surface area contributed by atoms with Crippen LogP contribution in [0.5, 0.6) is 0 Å². The van der Waals surface area contributed by atoms with Crippen molar-refractivity contribution in [2.75, 3.05) is 18.4 Å². The molecule has 2 rings (SSSR count). The predicted molar refractivity (Wildman–Crippen MR) is 56.1 cm³/mol. The van der Waals surface area contributed by atoms with Crippen molar-refractivity contribution in [2.45, 2.75) is 19.4 Å². The topological polar surface area (TPSA) is 24.1 Å². The molecule has 1 aliphatic rings. The van der Waals surface area contributed by atoms with Gasteiger partial charge < -0.3 is 10.6 Å². The van der Waals surface area contributed by atoms with Gasteiger partial charge in [0.15, 0.2) is 0 Å². The van der Waals surface area contributed by atoms with Crippen LogP contribution >= 0.6 is 0 Å². The van der Waals surface area contributed by atoms with Gasteiger partial charge in [0.05, 0.1) is 0 Å². The lowest BCUT2D eigenvalue weighted by Crippen LogP contribution is -2.30. The van der Waals surface area contributed by atoms with E-state index in [0.29, 0.717) is 6.04 Å². The Kier molecular flexibility index (Phi) is 2.50. The summed E-state index contributed by atoms with van der Waals surface area (Å²) >= 11 is 0. The number of hydrogen-bond acceptors (Lipinski definition) is 2. The quantitative estimate of drug-likeness (QED) is 0.731. The van der Waals surface area contributed by atoms with Crippen molar-refractivity contribution < 1.29 is 0 Å². The number of rotatable bonds is 3. The molecule has 0 aromatic heterocycles. The largest absolute Gasteiger partial charge is 0.380 e. The van der Waals surface area contributed by atoms with Crippen molar-refractivity contribution in [3.8, 4) is 0 Å². The Morgan fingerprint density at radius 3 is 3.08 bits per heavy atom. The Morgan fingerprint density at radius 2 is 2.31 bits per heavy atom. The molecule has 0 unspecified atom stereocenters. The molecule has 2 N–H and O–H groups in total. The number of para-hydroxylation sites is 1. The Bertz CT molecular complexity index is 258. The molecule has 1 heterocycles. The van der Waals surface area contributed by atoms with Crippen LogP contribution in [0, 0.1) is 0 Å². The van der Waals surface area contributed by atoms with Gasteiger partial charge in [-0.15, -0.1) is 0 Å². The molecule has 0 aliphatic carbocycles. The summed E-state index contributed by atoms with van der Waals surface area (Å²) in [5.41, 5.74) is 2.76. The van der Waals surface area contributed by atoms with Crippen LogP contribution in [0.1, 0.15) is 12.5 Å². The molecule has 0 saturated carbocycles. The van der Waals surface area contributed by atoms with E-state index in [2.05, 4.69) is 41.8 Å². The highest BCUT2D eigenvalue weighted by molar-refractivity contribution is 5.56. The number of hydrogen-bond donors (Lipinski definition) is 2. The summed E-state index contributed by atoms with van der Waals surface area (Å²) in [6, 6.07) is 9.13. The van der Waals surface area contributed by atoms with Crippen LogP contribution in [0.3, 0.4) is 0 Å². The maximum atomic E-state index is 3.51. The first-order valence-electron chi connectivity index (χ1n) is 4.95. The van der Waals surface area contributed by atoms with Gasteiger partial charge in [0.2, 0.25) is 0 Å². The molecule has 0 spiro atoms. The molecule has 0 radical (unpaired) electrons. The summed E-state index contributed by atoms with van der Waals surface area (Å²) in [4.78, 5) is 0. The zero-order chi connectivity index (χ0) is 9.10. The van der Waals surface area contributed by atoms with Gasteiger partial charge in [-0.05, 0) is 24.6 Å². The SMILES string of the molecule is CCNC[C@@H]1Cc2ccccc2N1. The van der Waals surface area contributed by atoms with Gasteiger partial charge in [-0.3, -0.25) is 0 Å². The Morgan fingerprint density at radius 1 is 1.46 bits per heavy atom. The summed E-state index contributed by atoms with van der Waals surface area (Å²) < 4.78 is 0. The predicted octanol–water partition coefficient (Wildman–Crippen LogP) is 1.63. The van der Waals surface area contributed by atoms with Gasteiger partial charge in [-0.25, -0.2) is 0 Å². The van der Waals surface area contributed by atoms with Gasteiger partial charge in [0.25, 0.3) is 0 Å². The lowest BCUT2D eigenvalue weighted by atomic mass is 10.1. The van der Waals surface area contributed by atoms with Crippen LogP contribution in [0.25, 0.3) is 0 Å². The molecule has 0 saturated heterocycles. The van der Waals surface area contributed by atoms with Crippen molar-refractivity contribution in [3.05, 3.63) is 29.8 Å². The number of fused-ring (bicyclic) bond motifs is 1. The molecule has 1 aromatic rings. The fraction of sp³-hybridized carbons (Fsp3) is 0.455. The number of likely N-dealkylation sites (N-methyl/N-ethyl adjacent to an activating group) is 1. The molecule has 2 nitrogen and oxygen atoms in total. The van der Waals surface area contributed by atoms with Crippen LogP contribution < -0.4 is 10.6 Å². The molecule has 13 heavy (non-hydrogen) atoms. The van der Waals surface area contributed by atoms with E-state index in [1.165, 1.54) is 11.3 Å². The Balaban J connectivity index is 1.97. The normalized spacial score (nSPS) is 19.6. The maximum absolute atomic E-state index is 3.51. The molecule has 0 bridgehead atoms. The van der Waals surface area contributed by atoms with Crippen molar-refractivity contribution in [3.63, 3.8) is 0 Å². The molecule has 70 valence electrons. The van der Waals surface area contributed by atoms with Crippen LogP contribution in [0.4, 0.5) is 5.69 Å². The molecular weight excluding hydrogens is 160 g/mol. The van der Waals surface area contributed by atoms with E-state index >= 15 is 0 Å². The van der Waals surface area contributed by atoms with E-state index < -0.39 is 0 Å². The second-order valence-corrected chi connectivity index (χ2v) is 3.51. The average Bonchev–Trinajstić information content (AvgIpc) is 2.57. The first-order valence-corrected chi connectivity index (χ1v) is 4.95. The summed E-state index contributed by atoms with van der Waals surface area (Å²) in [5, 5.41) is 6.87. The van der Waals surface area contributed by atoms with Crippen LogP contribution in [0.15, 0.2) is 24.3 Å². The monoisotopic (exact) mass is 176 g/mol. The third-order valence-electron chi connectivity index (χ3n) is 2.48. The maximum Gasteiger partial charge on any atom is 0.0427 e. The fourth-order valence-electron chi connectivity index (χ4n) is 1.82. The smallest absolute Gasteiger partial charge is 0.0427 e. The minimum absolute atomic E-state index is 0.581. The van der Waals surface area contributed by atoms with Crippen molar-refractivity contribution in [1.82, 2.24) is 5.32 Å². The van der Waals surface area contributed by atoms with E-state index in [1.807, 2.05) is 0 Å². The van der Waals surface area contributed by atoms with Gasteiger partial charge in [0, 0.05) is 18.3 Å². The summed E-state index contributed by atoms with van der Waals surface area (Å²) in [5.74, 6) is 0. The molecule has 1 aliphatic heterocycles. The van der Waals surface area contributed by atoms with Gasteiger partial charge in [0.1, 0.15) is 0 Å². The summed E-state index contributed by atoms with van der Waals surface area (Å²) in [7, 11) is 0. The zero-order valence-electron chi connectivity index (χ0n) is 8.01. The van der Waals surface area contributed by atoms with E-state index in [9.17, 15) is 0 Å². The zero-order valence-corrected chi connectivity index (χ0v) is 8.01. The highest BCUT2D eigenvalue weighted by Crippen LogP contribution is 2.24. The van der Waals surface area contributed by atoms with Gasteiger partial charge >= 0.3 is 0 Å². The lowest BCUT2D eigenvalue weighted by Gasteiger charge is -2.10. The molecule has 0 amide bonds. The summed E-state index contributed by atoms with van der Waals surface area (Å²) in [6.45, 7) is 4.25. The third-order valence-corrected chi connectivity index (χ3v) is 2.48. The van der Waals surface area contributed by atoms with Crippen molar-refractivity contribution in [2.24, 2.45) is 0 Å². The molecule has 1 atom stereocenters. The molecular formula is C11H16N2. The third kappa shape index (κ3) is 1.83. The number of nitrogens with one attached hydrogen (secondary N) is 2. The first-order chi connectivity index (χ1) is 6.40. The number of anilines is 1. The Labute approximate surface area is 79.4 Å². The first kappa shape index (κ1) is 8.57. The van der Waals surface area contributed by atoms with Gasteiger partial charge in [-0.1, -0.05) is 25.1 Å². The van der Waals surface area contributed by atoms with E-state index in [-0.39, 0.29) is 0 Å². The molecule has 1 aromatic carbocycles. The van der Waals surface area contributed by atoms with Gasteiger partial charge in [-0.2, -0.15) is 0 Å². The van der Waals surface area contributed by atoms with Crippen LogP contribution in [-0.4, -0.2) is 19.1 Å². The molecule has 2 heteroatoms. The van der Waals surface area contributed by atoms with E-state index in [1.54, 1.807) is 0 Å². The summed E-state index contributed by atoms with van der Waals surface area (Å²) in [6.07, 6.45) is 1.16. The standard InChI is InChI=1S/C11H16N2/c1-2-12-8-10-7-9-5-3-4-6-11(9)13-10/h3-6,10,12-13H,2,7-8H2,1H3/t10-/m0/s1.